The van der Waals surface area contributed by atoms with Gasteiger partial charge in [0.05, 0.1) is 65.8 Å². The van der Waals surface area contributed by atoms with Gasteiger partial charge in [-0.15, -0.1) is 4.58 Å². The van der Waals surface area contributed by atoms with Crippen LogP contribution in [0.3, 0.4) is 0 Å². The van der Waals surface area contributed by atoms with Crippen LogP contribution in [0.25, 0.3) is 0 Å². The fraction of sp³-hybridized carbons (Fsp3) is 0.935. The molecular formula is C31H70N5+5. The molecule has 0 heterocycles. The third-order valence-corrected chi connectivity index (χ3v) is 8.93. The lowest BCUT2D eigenvalue weighted by molar-refractivity contribution is -0.989. The molecule has 36 heavy (non-hydrogen) atoms. The number of hydrogen-bond donors (Lipinski definition) is 0. The van der Waals surface area contributed by atoms with Crippen LogP contribution >= 0.6 is 0 Å². The van der Waals surface area contributed by atoms with Crippen molar-refractivity contribution >= 4 is 11.8 Å². The van der Waals surface area contributed by atoms with E-state index in [9.17, 15) is 0 Å². The van der Waals surface area contributed by atoms with Gasteiger partial charge in [0, 0.05) is 0 Å². The summed E-state index contributed by atoms with van der Waals surface area (Å²) in [5.74, 6) is 3.24. The summed E-state index contributed by atoms with van der Waals surface area (Å²) in [6, 6.07) is 0. The van der Waals surface area contributed by atoms with Gasteiger partial charge in [-0.05, 0) is 59.3 Å². The third kappa shape index (κ3) is 8.63. The highest BCUT2D eigenvalue weighted by Gasteiger charge is 2.53. The van der Waals surface area contributed by atoms with Crippen LogP contribution in [0.15, 0.2) is 0 Å². The lowest BCUT2D eigenvalue weighted by Crippen LogP contribution is -2.71. The van der Waals surface area contributed by atoms with Gasteiger partial charge in [-0.25, -0.2) is 4.48 Å². The highest BCUT2D eigenvalue weighted by molar-refractivity contribution is 5.67. The predicted octanol–water partition coefficient (Wildman–Crippen LogP) is 6.02. The Morgan fingerprint density at radius 3 is 1.06 bits per heavy atom. The van der Waals surface area contributed by atoms with E-state index in [2.05, 4.69) is 92.5 Å². The Morgan fingerprint density at radius 1 is 0.444 bits per heavy atom. The topological polar surface area (TPSA) is 6.02 Å². The minimum absolute atomic E-state index is 1.09. The SMILES string of the molecule is CCC[N+](CCC)(CCC)C(C)=[N+](C)CC[N+](C)=C([N+](CC)(CC)CC)[N+](CCC)(CCC)CCC. The van der Waals surface area contributed by atoms with Crippen molar-refractivity contribution in [2.75, 3.05) is 86.1 Å². The first-order chi connectivity index (χ1) is 17.1. The second kappa shape index (κ2) is 17.7. The van der Waals surface area contributed by atoms with Gasteiger partial charge in [0.1, 0.15) is 14.1 Å². The molecule has 5 nitrogen and oxygen atoms in total. The highest BCUT2D eigenvalue weighted by atomic mass is 15.6. The predicted molar refractivity (Wildman–Crippen MR) is 161 cm³/mol. The Hall–Kier alpha value is -0.780. The van der Waals surface area contributed by atoms with Crippen LogP contribution in [0.4, 0.5) is 0 Å². The summed E-state index contributed by atoms with van der Waals surface area (Å²) < 4.78 is 8.76. The quantitative estimate of drug-likeness (QED) is 0.0917. The first kappa shape index (κ1) is 35.2. The molecule has 0 amide bonds. The van der Waals surface area contributed by atoms with E-state index in [1.807, 2.05) is 0 Å². The van der Waals surface area contributed by atoms with Gasteiger partial charge in [0.15, 0.2) is 0 Å². The molecule has 0 N–H and O–H groups in total. The Labute approximate surface area is 228 Å². The number of hydrogen-bond acceptors (Lipinski definition) is 0. The molecule has 0 rings (SSSR count). The van der Waals surface area contributed by atoms with Crippen LogP contribution in [-0.4, -0.2) is 120 Å². The molecule has 0 aromatic heterocycles. The second-order valence-electron chi connectivity index (χ2n) is 11.4. The smallest absolute Gasteiger partial charge is 0.240 e. The van der Waals surface area contributed by atoms with Gasteiger partial charge < -0.3 is 0 Å². The van der Waals surface area contributed by atoms with Crippen molar-refractivity contribution in [3.05, 3.63) is 0 Å². The average molecular weight is 513 g/mol. The molecule has 0 spiro atoms. The van der Waals surface area contributed by atoms with E-state index in [0.717, 1.165) is 17.6 Å². The van der Waals surface area contributed by atoms with Crippen molar-refractivity contribution in [1.82, 2.24) is 0 Å². The number of guanidine groups is 1. The standard InChI is InChI=1S/C31H70N5/c1-13-24-35(25-14-2,26-15-3)30(10)32(11)22-23-33(12)31(34(19-7,20-8)21-9)36(27-16-4,28-17-5)29-18-6/h13-29H2,1-12H3/q+5. The third-order valence-electron chi connectivity index (χ3n) is 8.93. The molecule has 5 heteroatoms. The van der Waals surface area contributed by atoms with Crippen molar-refractivity contribution in [1.29, 1.82) is 0 Å². The van der Waals surface area contributed by atoms with Gasteiger partial charge in [-0.2, -0.15) is 13.5 Å². The molecule has 0 atom stereocenters. The van der Waals surface area contributed by atoms with Gasteiger partial charge in [0.25, 0.3) is 0 Å². The zero-order valence-electron chi connectivity index (χ0n) is 27.3. The number of rotatable bonds is 18. The lowest BCUT2D eigenvalue weighted by Gasteiger charge is -2.42. The number of amidine groups is 1. The van der Waals surface area contributed by atoms with Crippen molar-refractivity contribution in [2.45, 2.75) is 108 Å². The summed E-state index contributed by atoms with van der Waals surface area (Å²) in [5, 5.41) is 0. The first-order valence-electron chi connectivity index (χ1n) is 15.9. The van der Waals surface area contributed by atoms with E-state index in [4.69, 9.17) is 0 Å². The van der Waals surface area contributed by atoms with Crippen LogP contribution in [0.1, 0.15) is 108 Å². The van der Waals surface area contributed by atoms with E-state index in [1.54, 1.807) is 11.8 Å². The molecule has 0 saturated heterocycles. The summed E-state index contributed by atoms with van der Waals surface area (Å²) in [6.45, 7) is 37.1. The molecule has 0 saturated carbocycles. The minimum Gasteiger partial charge on any atom is -0.240 e. The van der Waals surface area contributed by atoms with Gasteiger partial charge >= 0.3 is 11.8 Å². The zero-order chi connectivity index (χ0) is 27.8. The van der Waals surface area contributed by atoms with Crippen molar-refractivity contribution in [3.8, 4) is 0 Å². The maximum atomic E-state index is 2.70. The molecule has 0 aliphatic carbocycles. The zero-order valence-corrected chi connectivity index (χ0v) is 27.3. The molecule has 0 aliphatic rings. The van der Waals surface area contributed by atoms with Crippen LogP contribution in [-0.2, 0) is 0 Å². The monoisotopic (exact) mass is 513 g/mol. The molecule has 0 fully saturated rings. The number of quaternary nitrogens is 3. The summed E-state index contributed by atoms with van der Waals surface area (Å²) >= 11 is 0. The second-order valence-corrected chi connectivity index (χ2v) is 11.4. The van der Waals surface area contributed by atoms with Crippen molar-refractivity contribution in [3.63, 3.8) is 0 Å². The van der Waals surface area contributed by atoms with Gasteiger partial charge in [-0.1, -0.05) is 41.5 Å². The molecular weight excluding hydrogens is 442 g/mol. The van der Waals surface area contributed by atoms with E-state index in [-0.39, 0.29) is 0 Å². The molecule has 214 valence electrons. The fourth-order valence-electron chi connectivity index (χ4n) is 7.22. The summed E-state index contributed by atoms with van der Waals surface area (Å²) in [6.07, 6.45) is 7.47. The first-order valence-corrected chi connectivity index (χ1v) is 15.9. The fourth-order valence-corrected chi connectivity index (χ4v) is 7.22. The van der Waals surface area contributed by atoms with Crippen molar-refractivity contribution in [2.24, 2.45) is 0 Å². The molecule has 0 unspecified atom stereocenters. The lowest BCUT2D eigenvalue weighted by atomic mass is 10.2. The van der Waals surface area contributed by atoms with E-state index >= 15 is 0 Å². The number of nitrogens with zero attached hydrogens (tertiary/aromatic N) is 5. The number of likely N-dealkylation sites (N-methyl/N-ethyl adjacent to an activating group) is 2. The van der Waals surface area contributed by atoms with E-state index in [1.165, 1.54) is 106 Å². The van der Waals surface area contributed by atoms with E-state index < -0.39 is 0 Å². The van der Waals surface area contributed by atoms with Crippen LogP contribution in [0, 0.1) is 0 Å². The summed E-state index contributed by atoms with van der Waals surface area (Å²) in [4.78, 5) is 0. The summed E-state index contributed by atoms with van der Waals surface area (Å²) in [7, 11) is 4.76. The van der Waals surface area contributed by atoms with Gasteiger partial charge in [-0.3, -0.25) is 0 Å². The summed E-state index contributed by atoms with van der Waals surface area (Å²) in [5.41, 5.74) is 0. The Kier molecular flexibility index (Phi) is 17.3. The molecule has 0 radical (unpaired) electrons. The van der Waals surface area contributed by atoms with Crippen LogP contribution < -0.4 is 0 Å². The van der Waals surface area contributed by atoms with E-state index in [0.29, 0.717) is 0 Å². The minimum atomic E-state index is 1.09. The Bertz CT molecular complexity index is 618. The highest BCUT2D eigenvalue weighted by Crippen LogP contribution is 2.22. The normalized spacial score (nSPS) is 14.7. The van der Waals surface area contributed by atoms with Crippen LogP contribution in [0.5, 0.6) is 0 Å². The largest absolute Gasteiger partial charge is 0.533 e. The van der Waals surface area contributed by atoms with Crippen LogP contribution in [0.2, 0.25) is 0 Å². The maximum Gasteiger partial charge on any atom is 0.533 e. The van der Waals surface area contributed by atoms with Gasteiger partial charge in [0.2, 0.25) is 13.1 Å². The molecule has 0 bridgehead atoms. The molecule has 0 aromatic rings. The van der Waals surface area contributed by atoms with Crippen molar-refractivity contribution < 1.29 is 22.6 Å². The maximum absolute atomic E-state index is 2.70. The molecule has 0 aliphatic heterocycles. The Morgan fingerprint density at radius 2 is 0.750 bits per heavy atom. The molecule has 0 aromatic carbocycles. The Balaban J connectivity index is 6.75. The average Bonchev–Trinajstić information content (AvgIpc) is 2.86.